The number of hydrogen-bond donors (Lipinski definition) is 0. The minimum Gasteiger partial charge on any atom is -0.455 e. The Bertz CT molecular complexity index is 586. The monoisotopic (exact) mass is 348 g/mol. The Balaban J connectivity index is 1.47. The quantitative estimate of drug-likeness (QED) is 0.437. The Morgan fingerprint density at radius 3 is 2.64 bits per heavy atom. The molecule has 5 rings (SSSR count). The number of likely N-dealkylation sites (tertiary alicyclic amines) is 1. The van der Waals surface area contributed by atoms with E-state index in [-0.39, 0.29) is 29.2 Å². The summed E-state index contributed by atoms with van der Waals surface area (Å²) in [6, 6.07) is 0. The van der Waals surface area contributed by atoms with Gasteiger partial charge in [0.2, 0.25) is 0 Å². The van der Waals surface area contributed by atoms with Crippen LogP contribution in [0.5, 0.6) is 0 Å². The second-order valence-electron chi connectivity index (χ2n) is 10.3. The van der Waals surface area contributed by atoms with Crippen LogP contribution in [0.2, 0.25) is 0 Å². The largest absolute Gasteiger partial charge is 0.455 e. The second kappa shape index (κ2) is 5.22. The second-order valence-corrected chi connectivity index (χ2v) is 10.3. The van der Waals surface area contributed by atoms with Crippen molar-refractivity contribution in [3.63, 3.8) is 0 Å². The molecule has 0 aromatic carbocycles. The van der Waals surface area contributed by atoms with Gasteiger partial charge in [0, 0.05) is 11.8 Å². The fraction of sp³-hybridized carbons (Fsp3) is 0.952. The molecule has 4 heteroatoms. The van der Waals surface area contributed by atoms with Gasteiger partial charge in [0.1, 0.15) is 17.6 Å². The van der Waals surface area contributed by atoms with E-state index in [1.165, 1.54) is 38.8 Å². The van der Waals surface area contributed by atoms with Crippen LogP contribution >= 0.6 is 0 Å². The van der Waals surface area contributed by atoms with Crippen LogP contribution in [0.15, 0.2) is 0 Å². The molecule has 0 radical (unpaired) electrons. The smallest absolute Gasteiger partial charge is 0.315 e. The van der Waals surface area contributed by atoms with Gasteiger partial charge < -0.3 is 14.0 Å². The average Bonchev–Trinajstić information content (AvgIpc) is 3.20. The van der Waals surface area contributed by atoms with Crippen LogP contribution in [0, 0.1) is 23.7 Å². The van der Waals surface area contributed by atoms with Crippen molar-refractivity contribution in [2.75, 3.05) is 26.7 Å². The Kier molecular flexibility index (Phi) is 3.46. The molecular weight excluding hydrogens is 314 g/mol. The van der Waals surface area contributed by atoms with Gasteiger partial charge in [-0.1, -0.05) is 6.92 Å². The lowest BCUT2D eigenvalue weighted by molar-refractivity contribution is -0.916. The molecule has 5 fully saturated rings. The highest BCUT2D eigenvalue weighted by atomic mass is 16.7. The zero-order valence-electron chi connectivity index (χ0n) is 16.1. The summed E-state index contributed by atoms with van der Waals surface area (Å²) in [4.78, 5) is 13.1. The zero-order valence-corrected chi connectivity index (χ0v) is 16.1. The van der Waals surface area contributed by atoms with E-state index >= 15 is 0 Å². The van der Waals surface area contributed by atoms with Gasteiger partial charge >= 0.3 is 5.97 Å². The molecule has 3 heterocycles. The Morgan fingerprint density at radius 1 is 1.12 bits per heavy atom. The Labute approximate surface area is 151 Å². The van der Waals surface area contributed by atoms with Gasteiger partial charge in [0.05, 0.1) is 32.3 Å². The van der Waals surface area contributed by atoms with Crippen molar-refractivity contribution in [2.45, 2.75) is 76.1 Å². The van der Waals surface area contributed by atoms with Crippen molar-refractivity contribution in [1.29, 1.82) is 0 Å². The molecule has 3 saturated heterocycles. The van der Waals surface area contributed by atoms with Crippen LogP contribution in [0.3, 0.4) is 0 Å². The molecule has 25 heavy (non-hydrogen) atoms. The fourth-order valence-corrected chi connectivity index (χ4v) is 7.19. The molecular formula is C21H34NO3+. The lowest BCUT2D eigenvalue weighted by atomic mass is 9.55. The fourth-order valence-electron chi connectivity index (χ4n) is 7.19. The maximum atomic E-state index is 13.1. The van der Waals surface area contributed by atoms with Gasteiger partial charge in [0.25, 0.3) is 0 Å². The molecule has 2 aliphatic carbocycles. The molecule has 0 N–H and O–H groups in total. The molecule has 5 aliphatic rings. The Hall–Kier alpha value is -0.610. The van der Waals surface area contributed by atoms with E-state index in [1.54, 1.807) is 0 Å². The van der Waals surface area contributed by atoms with Crippen LogP contribution in [0.4, 0.5) is 0 Å². The van der Waals surface area contributed by atoms with Crippen molar-refractivity contribution in [3.8, 4) is 0 Å². The number of ether oxygens (including phenoxy) is 2. The van der Waals surface area contributed by atoms with E-state index in [1.807, 2.05) is 0 Å². The average molecular weight is 349 g/mol. The van der Waals surface area contributed by atoms with Gasteiger partial charge in [-0.3, -0.25) is 4.79 Å². The topological polar surface area (TPSA) is 38.8 Å². The highest BCUT2D eigenvalue weighted by Gasteiger charge is 2.77. The normalized spacial score (nSPS) is 53.4. The third kappa shape index (κ3) is 2.22. The third-order valence-corrected chi connectivity index (χ3v) is 8.62. The molecule has 3 aliphatic heterocycles. The summed E-state index contributed by atoms with van der Waals surface area (Å²) >= 11 is 0. The van der Waals surface area contributed by atoms with E-state index in [4.69, 9.17) is 9.47 Å². The maximum absolute atomic E-state index is 13.1. The van der Waals surface area contributed by atoms with Gasteiger partial charge in [-0.05, 0) is 57.8 Å². The van der Waals surface area contributed by atoms with Crippen LogP contribution in [-0.2, 0) is 14.3 Å². The number of carbonyl (C=O) groups excluding carboxylic acids is 1. The third-order valence-electron chi connectivity index (χ3n) is 8.62. The summed E-state index contributed by atoms with van der Waals surface area (Å²) in [6.07, 6.45) is 8.81. The minimum atomic E-state index is -0.304. The summed E-state index contributed by atoms with van der Waals surface area (Å²) in [5, 5.41) is 0. The summed E-state index contributed by atoms with van der Waals surface area (Å²) in [5.74, 6) is 1.72. The standard InChI is InChI=1S/C21H34NO3/c1-14-7-8-17-15(13-22(3)11-5-4-6-12-22)18(23)24-21(17)16(14)9-10-20(2)19(21)25-20/h14-17,19H,4-13H2,1-3H3/q+1/t14-,15+,16-,17+,19-,20-,21-/m1/s1. The first-order valence-electron chi connectivity index (χ1n) is 10.6. The lowest BCUT2D eigenvalue weighted by Gasteiger charge is -2.50. The number of hydrogen-bond acceptors (Lipinski definition) is 3. The van der Waals surface area contributed by atoms with E-state index < -0.39 is 0 Å². The van der Waals surface area contributed by atoms with Crippen molar-refractivity contribution in [3.05, 3.63) is 0 Å². The van der Waals surface area contributed by atoms with E-state index in [9.17, 15) is 4.79 Å². The number of nitrogens with zero attached hydrogens (tertiary/aromatic N) is 1. The molecule has 2 saturated carbocycles. The highest BCUT2D eigenvalue weighted by Crippen LogP contribution is 2.66. The van der Waals surface area contributed by atoms with Crippen molar-refractivity contribution in [1.82, 2.24) is 0 Å². The Morgan fingerprint density at radius 2 is 1.88 bits per heavy atom. The SMILES string of the molecule is C[C@@H]1CC[C@H]2[C@H](C[N+]3(C)CCCCC3)C(=O)O[C@]23[C@@H]1CC[C@@]1(C)O[C@@H]31. The number of esters is 1. The summed E-state index contributed by atoms with van der Waals surface area (Å²) in [5.41, 5.74) is -0.327. The predicted octanol–water partition coefficient (Wildman–Crippen LogP) is 3.14. The van der Waals surface area contributed by atoms with Crippen LogP contribution < -0.4 is 0 Å². The van der Waals surface area contributed by atoms with E-state index in [0.29, 0.717) is 17.8 Å². The van der Waals surface area contributed by atoms with Crippen LogP contribution in [-0.4, -0.2) is 54.4 Å². The molecule has 0 amide bonds. The van der Waals surface area contributed by atoms with Crippen molar-refractivity contribution >= 4 is 5.97 Å². The molecule has 0 aromatic rings. The number of rotatable bonds is 2. The molecule has 0 aromatic heterocycles. The van der Waals surface area contributed by atoms with Crippen molar-refractivity contribution < 1.29 is 18.8 Å². The van der Waals surface area contributed by atoms with E-state index in [2.05, 4.69) is 20.9 Å². The molecule has 0 unspecified atom stereocenters. The van der Waals surface area contributed by atoms with Crippen LogP contribution in [0.1, 0.15) is 58.8 Å². The summed E-state index contributed by atoms with van der Waals surface area (Å²) in [7, 11) is 2.36. The molecule has 4 nitrogen and oxygen atoms in total. The minimum absolute atomic E-state index is 0.0232. The number of fused-ring (bicyclic) bond motifs is 1. The zero-order chi connectivity index (χ0) is 17.4. The first-order chi connectivity index (χ1) is 11.9. The molecule has 1 spiro atoms. The maximum Gasteiger partial charge on any atom is 0.315 e. The van der Waals surface area contributed by atoms with Crippen LogP contribution in [0.25, 0.3) is 0 Å². The summed E-state index contributed by atoms with van der Waals surface area (Å²) in [6.45, 7) is 8.03. The summed E-state index contributed by atoms with van der Waals surface area (Å²) < 4.78 is 13.7. The molecule has 140 valence electrons. The molecule has 0 bridgehead atoms. The number of quaternary nitrogens is 1. The van der Waals surface area contributed by atoms with Gasteiger partial charge in [0.15, 0.2) is 0 Å². The number of piperidine rings is 1. The first kappa shape index (κ1) is 16.6. The highest BCUT2D eigenvalue weighted by molar-refractivity contribution is 5.77. The molecule has 7 atom stereocenters. The van der Waals surface area contributed by atoms with Gasteiger partial charge in [-0.2, -0.15) is 0 Å². The number of carbonyl (C=O) groups is 1. The van der Waals surface area contributed by atoms with E-state index in [0.717, 1.165) is 30.3 Å². The first-order valence-corrected chi connectivity index (χ1v) is 10.6. The lowest BCUT2D eigenvalue weighted by Crippen LogP contribution is -2.59. The number of epoxide rings is 1. The van der Waals surface area contributed by atoms with Gasteiger partial charge in [-0.25, -0.2) is 0 Å². The van der Waals surface area contributed by atoms with Gasteiger partial charge in [-0.15, -0.1) is 0 Å². The van der Waals surface area contributed by atoms with Crippen molar-refractivity contribution in [2.24, 2.45) is 23.7 Å². The predicted molar refractivity (Wildman–Crippen MR) is 94.8 cm³/mol.